The van der Waals surface area contributed by atoms with Crippen molar-refractivity contribution in [2.24, 2.45) is 7.05 Å². The fourth-order valence-electron chi connectivity index (χ4n) is 2.76. The molecule has 0 spiro atoms. The third-order valence-corrected chi connectivity index (χ3v) is 4.73. The van der Waals surface area contributed by atoms with Crippen LogP contribution in [0.4, 0.5) is 0 Å². The Morgan fingerprint density at radius 3 is 2.54 bits per heavy atom. The van der Waals surface area contributed by atoms with Crippen molar-refractivity contribution in [1.82, 2.24) is 9.78 Å². The minimum atomic E-state index is -0.150. The zero-order chi connectivity index (χ0) is 17.3. The van der Waals surface area contributed by atoms with Crippen LogP contribution in [-0.4, -0.2) is 15.6 Å². The van der Waals surface area contributed by atoms with Gasteiger partial charge in [-0.2, -0.15) is 5.10 Å². The van der Waals surface area contributed by atoms with Crippen molar-refractivity contribution in [3.63, 3.8) is 0 Å². The van der Waals surface area contributed by atoms with E-state index in [2.05, 4.69) is 21.0 Å². The predicted molar refractivity (Wildman–Crippen MR) is 98.3 cm³/mol. The van der Waals surface area contributed by atoms with Gasteiger partial charge in [0.15, 0.2) is 0 Å². The molecule has 0 aliphatic heterocycles. The minimum absolute atomic E-state index is 0.0656. The number of aromatic nitrogens is 2. The number of Topliss-reactive ketones (excluding diaryl/α,β-unsaturated/α-hetero) is 1. The average molecular weight is 385 g/mol. The summed E-state index contributed by atoms with van der Waals surface area (Å²) in [5, 5.41) is 5.63. The number of rotatable bonds is 4. The second-order valence-corrected chi connectivity index (χ2v) is 6.76. The molecule has 0 saturated heterocycles. The van der Waals surface area contributed by atoms with Crippen LogP contribution < -0.4 is 5.56 Å². The Labute approximate surface area is 148 Å². The first-order valence-corrected chi connectivity index (χ1v) is 8.46. The Hall–Kier alpha value is -2.27. The van der Waals surface area contributed by atoms with E-state index in [1.54, 1.807) is 13.1 Å². The van der Waals surface area contributed by atoms with E-state index in [1.165, 1.54) is 4.68 Å². The zero-order valence-electron chi connectivity index (χ0n) is 13.5. The fourth-order valence-corrected chi connectivity index (χ4v) is 3.40. The molecule has 1 heterocycles. The number of hydrogen-bond donors (Lipinski definition) is 0. The lowest BCUT2D eigenvalue weighted by atomic mass is 10.0. The third kappa shape index (κ3) is 3.31. The van der Waals surface area contributed by atoms with Crippen LogP contribution >= 0.6 is 15.9 Å². The van der Waals surface area contributed by atoms with Crippen molar-refractivity contribution >= 4 is 32.5 Å². The van der Waals surface area contributed by atoms with Gasteiger partial charge in [0.1, 0.15) is 5.78 Å². The molecule has 0 atom stereocenters. The molecular formula is C19H17BrN2O2. The van der Waals surface area contributed by atoms with Gasteiger partial charge in [-0.3, -0.25) is 9.59 Å². The van der Waals surface area contributed by atoms with Crippen molar-refractivity contribution < 1.29 is 4.79 Å². The number of aryl methyl sites for hydroxylation is 2. The van der Waals surface area contributed by atoms with Gasteiger partial charge in [-0.1, -0.05) is 46.3 Å². The number of ketones is 1. The molecule has 5 heteroatoms. The van der Waals surface area contributed by atoms with E-state index in [0.717, 1.165) is 21.0 Å². The van der Waals surface area contributed by atoms with E-state index in [1.807, 2.05) is 43.3 Å². The number of nitrogens with zero attached hydrogens (tertiary/aromatic N) is 2. The Kier molecular flexibility index (Phi) is 4.62. The quantitative estimate of drug-likeness (QED) is 0.692. The average Bonchev–Trinajstić information content (AvgIpc) is 2.55. The molecule has 24 heavy (non-hydrogen) atoms. The summed E-state index contributed by atoms with van der Waals surface area (Å²) in [6.45, 7) is 2.01. The lowest BCUT2D eigenvalue weighted by Gasteiger charge is -2.08. The normalized spacial score (nSPS) is 11.0. The first-order chi connectivity index (χ1) is 11.5. The standard InChI is InChI=1S/C19H17BrN2O2/c1-12-7-8-13(17(20)9-12)10-14(23)11-18-15-5-3-4-6-16(15)19(24)22(2)21-18/h3-9H,10-11H2,1-2H3. The maximum atomic E-state index is 12.5. The lowest BCUT2D eigenvalue weighted by molar-refractivity contribution is -0.117. The number of fused-ring (bicyclic) bond motifs is 1. The Morgan fingerprint density at radius 1 is 1.12 bits per heavy atom. The van der Waals surface area contributed by atoms with Crippen molar-refractivity contribution in [1.29, 1.82) is 0 Å². The largest absolute Gasteiger partial charge is 0.299 e. The molecule has 2 aromatic carbocycles. The molecule has 1 aromatic heterocycles. The molecule has 0 amide bonds. The van der Waals surface area contributed by atoms with Gasteiger partial charge in [-0.05, 0) is 30.2 Å². The van der Waals surface area contributed by atoms with Gasteiger partial charge in [0.2, 0.25) is 0 Å². The van der Waals surface area contributed by atoms with Gasteiger partial charge >= 0.3 is 0 Å². The molecule has 0 aliphatic rings. The summed E-state index contributed by atoms with van der Waals surface area (Å²) < 4.78 is 2.24. The first-order valence-electron chi connectivity index (χ1n) is 7.67. The highest BCUT2D eigenvalue weighted by atomic mass is 79.9. The van der Waals surface area contributed by atoms with Gasteiger partial charge < -0.3 is 0 Å². The van der Waals surface area contributed by atoms with Gasteiger partial charge in [-0.15, -0.1) is 0 Å². The highest BCUT2D eigenvalue weighted by Crippen LogP contribution is 2.20. The van der Waals surface area contributed by atoms with Crippen molar-refractivity contribution in [3.8, 4) is 0 Å². The van der Waals surface area contributed by atoms with Gasteiger partial charge in [0.25, 0.3) is 5.56 Å². The Bertz CT molecular complexity index is 992. The maximum absolute atomic E-state index is 12.5. The summed E-state index contributed by atoms with van der Waals surface area (Å²) in [5.74, 6) is 0.0656. The fraction of sp³-hybridized carbons (Fsp3) is 0.211. The number of benzene rings is 2. The van der Waals surface area contributed by atoms with Gasteiger partial charge in [-0.25, -0.2) is 4.68 Å². The van der Waals surface area contributed by atoms with Crippen molar-refractivity contribution in [2.75, 3.05) is 0 Å². The smallest absolute Gasteiger partial charge is 0.274 e. The molecule has 122 valence electrons. The van der Waals surface area contributed by atoms with Crippen LogP contribution in [0.25, 0.3) is 10.8 Å². The summed E-state index contributed by atoms with van der Waals surface area (Å²) in [6.07, 6.45) is 0.536. The van der Waals surface area contributed by atoms with Gasteiger partial charge in [0, 0.05) is 23.3 Å². The van der Waals surface area contributed by atoms with Crippen LogP contribution in [0.1, 0.15) is 16.8 Å². The molecule has 0 aliphatic carbocycles. The number of carbonyl (C=O) groups is 1. The summed E-state index contributed by atoms with van der Waals surface area (Å²) in [4.78, 5) is 24.7. The Morgan fingerprint density at radius 2 is 1.83 bits per heavy atom. The molecule has 0 bridgehead atoms. The van der Waals surface area contributed by atoms with Crippen molar-refractivity contribution in [2.45, 2.75) is 19.8 Å². The van der Waals surface area contributed by atoms with Crippen LogP contribution in [-0.2, 0) is 24.7 Å². The topological polar surface area (TPSA) is 52.0 Å². The van der Waals surface area contributed by atoms with E-state index in [-0.39, 0.29) is 17.8 Å². The molecule has 3 rings (SSSR count). The van der Waals surface area contributed by atoms with E-state index in [0.29, 0.717) is 17.5 Å². The van der Waals surface area contributed by atoms with Crippen LogP contribution in [0.3, 0.4) is 0 Å². The molecular weight excluding hydrogens is 368 g/mol. The van der Waals surface area contributed by atoms with Gasteiger partial charge in [0.05, 0.1) is 17.5 Å². The highest BCUT2D eigenvalue weighted by Gasteiger charge is 2.13. The molecule has 0 N–H and O–H groups in total. The molecule has 0 fully saturated rings. The van der Waals surface area contributed by atoms with Crippen LogP contribution in [0.5, 0.6) is 0 Å². The molecule has 3 aromatic rings. The molecule has 0 unspecified atom stereocenters. The van der Waals surface area contributed by atoms with E-state index in [4.69, 9.17) is 0 Å². The number of hydrogen-bond acceptors (Lipinski definition) is 3. The molecule has 0 saturated carbocycles. The Balaban J connectivity index is 1.91. The first kappa shape index (κ1) is 16.6. The summed E-state index contributed by atoms with van der Waals surface area (Å²) in [6, 6.07) is 13.2. The lowest BCUT2D eigenvalue weighted by Crippen LogP contribution is -2.22. The predicted octanol–water partition coefficient (Wildman–Crippen LogP) is 3.36. The summed E-state index contributed by atoms with van der Waals surface area (Å²) >= 11 is 3.51. The second-order valence-electron chi connectivity index (χ2n) is 5.91. The summed E-state index contributed by atoms with van der Waals surface area (Å²) in [7, 11) is 1.61. The molecule has 0 radical (unpaired) electrons. The van der Waals surface area contributed by atoms with Crippen LogP contribution in [0, 0.1) is 6.92 Å². The zero-order valence-corrected chi connectivity index (χ0v) is 15.1. The van der Waals surface area contributed by atoms with E-state index in [9.17, 15) is 9.59 Å². The minimum Gasteiger partial charge on any atom is -0.299 e. The van der Waals surface area contributed by atoms with E-state index >= 15 is 0 Å². The summed E-state index contributed by atoms with van der Waals surface area (Å²) in [5.41, 5.74) is 2.59. The highest BCUT2D eigenvalue weighted by molar-refractivity contribution is 9.10. The third-order valence-electron chi connectivity index (χ3n) is 3.99. The monoisotopic (exact) mass is 384 g/mol. The van der Waals surface area contributed by atoms with Crippen LogP contribution in [0.2, 0.25) is 0 Å². The maximum Gasteiger partial charge on any atom is 0.274 e. The van der Waals surface area contributed by atoms with E-state index < -0.39 is 0 Å². The SMILES string of the molecule is Cc1ccc(CC(=O)Cc2nn(C)c(=O)c3ccccc23)c(Br)c1. The number of carbonyl (C=O) groups excluding carboxylic acids is 1. The second kappa shape index (κ2) is 6.69. The molecule has 4 nitrogen and oxygen atoms in total. The van der Waals surface area contributed by atoms with Crippen LogP contribution in [0.15, 0.2) is 51.7 Å². The number of halogens is 1. The van der Waals surface area contributed by atoms with Crippen molar-refractivity contribution in [3.05, 3.63) is 74.1 Å².